The summed E-state index contributed by atoms with van der Waals surface area (Å²) in [5.74, 6) is 0.520. The van der Waals surface area contributed by atoms with Crippen LogP contribution in [0.5, 0.6) is 11.5 Å². The van der Waals surface area contributed by atoms with Crippen LogP contribution in [-0.4, -0.2) is 44.0 Å². The molecule has 3 aromatic carbocycles. The zero-order valence-electron chi connectivity index (χ0n) is 21.1. The highest BCUT2D eigenvalue weighted by atomic mass is 16.6. The number of ether oxygens (including phenoxy) is 2. The Hall–Kier alpha value is -5.52. The minimum absolute atomic E-state index is 0.0337. The minimum Gasteiger partial charge on any atom is -0.493 e. The topological polar surface area (TPSA) is 156 Å². The zero-order chi connectivity index (χ0) is 27.2. The summed E-state index contributed by atoms with van der Waals surface area (Å²) >= 11 is 0. The summed E-state index contributed by atoms with van der Waals surface area (Å²) < 4.78 is 17.3. The second kappa shape index (κ2) is 11.3. The number of methoxy groups -OCH3 is 1. The maximum atomic E-state index is 13.4. The first-order valence-electron chi connectivity index (χ1n) is 11.8. The van der Waals surface area contributed by atoms with E-state index in [0.717, 1.165) is 15.8 Å². The smallest absolute Gasteiger partial charge is 0.292 e. The number of nitrogen functional groups attached to an aromatic ring is 1. The number of amides is 1. The quantitative estimate of drug-likeness (QED) is 0.217. The number of nitrogens with zero attached hydrogens (tertiary/aromatic N) is 6. The van der Waals surface area contributed by atoms with E-state index in [4.69, 9.17) is 15.2 Å². The van der Waals surface area contributed by atoms with Crippen LogP contribution >= 0.6 is 0 Å². The predicted molar refractivity (Wildman–Crippen MR) is 143 cm³/mol. The second-order valence-corrected chi connectivity index (χ2v) is 8.32. The lowest BCUT2D eigenvalue weighted by Gasteiger charge is -2.12. The Morgan fingerprint density at radius 1 is 1.03 bits per heavy atom. The van der Waals surface area contributed by atoms with Gasteiger partial charge in [0, 0.05) is 11.1 Å². The van der Waals surface area contributed by atoms with Gasteiger partial charge in [0.25, 0.3) is 5.91 Å². The number of aromatic nitrogens is 5. The van der Waals surface area contributed by atoms with Crippen molar-refractivity contribution < 1.29 is 18.9 Å². The number of anilines is 1. The van der Waals surface area contributed by atoms with Crippen LogP contribution in [0.1, 0.15) is 28.5 Å². The fraction of sp³-hybridized carbons (Fsp3) is 0.111. The average Bonchev–Trinajstić information content (AvgIpc) is 3.61. The molecule has 0 aliphatic carbocycles. The fourth-order valence-electron chi connectivity index (χ4n) is 3.76. The highest BCUT2D eigenvalue weighted by Gasteiger charge is 2.26. The first-order chi connectivity index (χ1) is 19.0. The minimum atomic E-state index is -0.588. The molecule has 0 fully saturated rings. The van der Waals surface area contributed by atoms with Gasteiger partial charge in [0.2, 0.25) is 11.6 Å². The van der Waals surface area contributed by atoms with E-state index in [1.807, 2.05) is 54.6 Å². The van der Waals surface area contributed by atoms with Crippen molar-refractivity contribution in [1.82, 2.24) is 30.7 Å². The van der Waals surface area contributed by atoms with Gasteiger partial charge in [-0.15, -0.1) is 5.10 Å². The van der Waals surface area contributed by atoms with Crippen molar-refractivity contribution in [3.05, 3.63) is 95.7 Å². The summed E-state index contributed by atoms with van der Waals surface area (Å²) in [6.45, 7) is 2.16. The number of carbonyl (C=O) groups excluding carboxylic acids is 1. The van der Waals surface area contributed by atoms with Crippen molar-refractivity contribution in [3.63, 3.8) is 0 Å². The highest BCUT2D eigenvalue weighted by molar-refractivity contribution is 6.02. The zero-order valence-corrected chi connectivity index (χ0v) is 21.1. The summed E-state index contributed by atoms with van der Waals surface area (Å²) in [6.07, 6.45) is 0. The Morgan fingerprint density at radius 3 is 2.46 bits per heavy atom. The molecule has 0 aliphatic rings. The molecule has 0 saturated carbocycles. The lowest BCUT2D eigenvalue weighted by atomic mass is 10.1. The van der Waals surface area contributed by atoms with Gasteiger partial charge in [0.1, 0.15) is 12.3 Å². The SMILES string of the molecule is COc1cc(/C(C)=N/NC(=O)c2c(-c3ccccc3)nnn2-c2nonc2N)ccc1OCc1ccccc1. The van der Waals surface area contributed by atoms with Crippen molar-refractivity contribution in [2.24, 2.45) is 5.10 Å². The second-order valence-electron chi connectivity index (χ2n) is 8.32. The molecule has 0 unspecified atom stereocenters. The summed E-state index contributed by atoms with van der Waals surface area (Å²) in [4.78, 5) is 13.4. The Labute approximate surface area is 223 Å². The number of hydrazone groups is 1. The van der Waals surface area contributed by atoms with Crippen LogP contribution < -0.4 is 20.6 Å². The lowest BCUT2D eigenvalue weighted by Crippen LogP contribution is -2.23. The lowest BCUT2D eigenvalue weighted by molar-refractivity contribution is 0.0947. The van der Waals surface area contributed by atoms with Crippen LogP contribution in [-0.2, 0) is 6.61 Å². The molecule has 196 valence electrons. The molecular formula is C27H24N8O4. The third kappa shape index (κ3) is 5.44. The molecule has 0 aliphatic heterocycles. The van der Waals surface area contributed by atoms with E-state index in [1.165, 1.54) is 0 Å². The highest BCUT2D eigenvalue weighted by Crippen LogP contribution is 2.29. The van der Waals surface area contributed by atoms with Crippen molar-refractivity contribution in [2.45, 2.75) is 13.5 Å². The molecule has 2 aromatic heterocycles. The fourth-order valence-corrected chi connectivity index (χ4v) is 3.76. The Morgan fingerprint density at radius 2 is 1.77 bits per heavy atom. The number of nitrogens with one attached hydrogen (secondary N) is 1. The van der Waals surface area contributed by atoms with Gasteiger partial charge in [-0.1, -0.05) is 65.9 Å². The van der Waals surface area contributed by atoms with Gasteiger partial charge < -0.3 is 15.2 Å². The summed E-state index contributed by atoms with van der Waals surface area (Å²) in [6, 6.07) is 24.4. The normalized spacial score (nSPS) is 11.3. The van der Waals surface area contributed by atoms with Gasteiger partial charge in [-0.25, -0.2) is 10.1 Å². The molecule has 5 aromatic rings. The molecule has 12 heteroatoms. The standard InChI is InChI=1S/C27H24N8O4/c1-17(20-13-14-21(22(15-20)37-2)38-16-18-9-5-3-6-10-18)29-31-27(36)24-23(19-11-7-4-8-12-19)30-34-35(24)26-25(28)32-39-33-26/h3-15H,16H2,1-2H3,(H2,28,32)(H,31,36)/b29-17+. The van der Waals surface area contributed by atoms with Gasteiger partial charge in [-0.2, -0.15) is 9.78 Å². The monoisotopic (exact) mass is 524 g/mol. The Balaban J connectivity index is 1.39. The van der Waals surface area contributed by atoms with Crippen LogP contribution in [0.15, 0.2) is 88.6 Å². The third-order valence-electron chi connectivity index (χ3n) is 5.77. The molecule has 39 heavy (non-hydrogen) atoms. The third-order valence-corrected chi connectivity index (χ3v) is 5.77. The van der Waals surface area contributed by atoms with E-state index in [1.54, 1.807) is 38.3 Å². The largest absolute Gasteiger partial charge is 0.493 e. The molecule has 0 atom stereocenters. The van der Waals surface area contributed by atoms with Crippen LogP contribution in [0.25, 0.3) is 17.1 Å². The first-order valence-corrected chi connectivity index (χ1v) is 11.8. The summed E-state index contributed by atoms with van der Waals surface area (Å²) in [7, 11) is 1.56. The van der Waals surface area contributed by atoms with E-state index < -0.39 is 5.91 Å². The van der Waals surface area contributed by atoms with E-state index in [2.05, 4.69) is 35.8 Å². The van der Waals surface area contributed by atoms with Gasteiger partial charge in [-0.3, -0.25) is 4.79 Å². The molecule has 0 bridgehead atoms. The van der Waals surface area contributed by atoms with Crippen LogP contribution in [0, 0.1) is 0 Å². The number of carbonyl (C=O) groups is 1. The molecule has 1 amide bonds. The van der Waals surface area contributed by atoms with Crippen LogP contribution in [0.2, 0.25) is 0 Å². The predicted octanol–water partition coefficient (Wildman–Crippen LogP) is 3.64. The van der Waals surface area contributed by atoms with Gasteiger partial charge in [0.05, 0.1) is 12.8 Å². The number of nitrogens with two attached hydrogens (primary N) is 1. The van der Waals surface area contributed by atoms with Gasteiger partial charge >= 0.3 is 0 Å². The average molecular weight is 525 g/mol. The Kier molecular flexibility index (Phi) is 7.26. The number of hydrogen-bond donors (Lipinski definition) is 2. The first kappa shape index (κ1) is 25.1. The molecule has 12 nitrogen and oxygen atoms in total. The molecule has 0 spiro atoms. The van der Waals surface area contributed by atoms with Crippen molar-refractivity contribution in [1.29, 1.82) is 0 Å². The maximum absolute atomic E-state index is 13.4. The van der Waals surface area contributed by atoms with E-state index >= 15 is 0 Å². The van der Waals surface area contributed by atoms with Crippen LogP contribution in [0.3, 0.4) is 0 Å². The maximum Gasteiger partial charge on any atom is 0.292 e. The molecule has 2 heterocycles. The number of benzene rings is 3. The van der Waals surface area contributed by atoms with Crippen molar-refractivity contribution in [3.8, 4) is 28.6 Å². The van der Waals surface area contributed by atoms with E-state index in [0.29, 0.717) is 35.1 Å². The number of rotatable bonds is 9. The molecule has 0 radical (unpaired) electrons. The van der Waals surface area contributed by atoms with E-state index in [9.17, 15) is 4.79 Å². The van der Waals surface area contributed by atoms with Crippen molar-refractivity contribution >= 4 is 17.4 Å². The van der Waals surface area contributed by atoms with Gasteiger partial charge in [0.15, 0.2) is 17.2 Å². The summed E-state index contributed by atoms with van der Waals surface area (Å²) in [5, 5.41) is 19.8. The number of hydrogen-bond acceptors (Lipinski definition) is 10. The molecule has 0 saturated heterocycles. The summed E-state index contributed by atoms with van der Waals surface area (Å²) in [5.41, 5.74) is 11.7. The van der Waals surface area contributed by atoms with Crippen molar-refractivity contribution in [2.75, 3.05) is 12.8 Å². The van der Waals surface area contributed by atoms with Crippen LogP contribution in [0.4, 0.5) is 5.82 Å². The van der Waals surface area contributed by atoms with Gasteiger partial charge in [-0.05, 0) is 41.0 Å². The molecule has 3 N–H and O–H groups in total. The Bertz CT molecular complexity index is 1610. The van der Waals surface area contributed by atoms with E-state index in [-0.39, 0.29) is 17.3 Å². The molecular weight excluding hydrogens is 500 g/mol. The molecule has 5 rings (SSSR count).